The number of fused-ring (bicyclic) bond motifs is 2. The number of nitrogens with zero attached hydrogens (tertiary/aromatic N) is 2. The van der Waals surface area contributed by atoms with E-state index in [0.29, 0.717) is 57.9 Å². The van der Waals surface area contributed by atoms with E-state index in [1.54, 1.807) is 59.9 Å². The molecular formula is C50H39Cl2N5O6S. The number of carbonyl (C=O) groups is 3. The first kappa shape index (κ1) is 42.7. The Morgan fingerprint density at radius 2 is 1.67 bits per heavy atom. The van der Waals surface area contributed by atoms with Gasteiger partial charge in [-0.05, 0) is 113 Å². The van der Waals surface area contributed by atoms with Gasteiger partial charge in [0.25, 0.3) is 5.91 Å². The zero-order valence-corrected chi connectivity index (χ0v) is 36.4. The van der Waals surface area contributed by atoms with Gasteiger partial charge in [-0.25, -0.2) is 4.79 Å². The molecule has 1 fully saturated rings. The molecule has 64 heavy (non-hydrogen) atoms. The van der Waals surface area contributed by atoms with E-state index in [9.17, 15) is 24.8 Å². The smallest absolute Gasteiger partial charge is 0.345 e. The SMILES string of the molecule is N#Cc1ccc(-c2ccc(C3CCN[C@@]3(NC(=O)C3Cc4cc5c(cc4CN3CC#Cc3ccsc3)O[C@@H](c3ccc(OCc4ccc(Cl)c(Cl)c4)cc3)C(=O)N5)C(=O)O)cc2)cc1. The molecule has 14 heteroatoms. The van der Waals surface area contributed by atoms with Crippen molar-refractivity contribution in [3.8, 4) is 40.5 Å². The summed E-state index contributed by atoms with van der Waals surface area (Å²) in [6.45, 7) is 1.21. The maximum Gasteiger partial charge on any atom is 0.345 e. The quantitative estimate of drug-likeness (QED) is 0.0990. The van der Waals surface area contributed by atoms with Crippen LogP contribution in [0.15, 0.2) is 120 Å². The van der Waals surface area contributed by atoms with Gasteiger partial charge in [-0.3, -0.25) is 19.8 Å². The fourth-order valence-corrected chi connectivity index (χ4v) is 9.41. The molecule has 5 aromatic carbocycles. The van der Waals surface area contributed by atoms with Gasteiger partial charge in [0.1, 0.15) is 18.1 Å². The molecule has 6 aromatic rings. The lowest BCUT2D eigenvalue weighted by Gasteiger charge is -2.39. The standard InChI is InChI=1S/C50H39Cl2N5O6S/c51-41-16-5-32(22-42(41)52)28-62-39-14-12-36(13-15-39)46-48(59)55-43-23-37-24-44(57(27-38(37)25-45(43)63-46)20-1-2-31-18-21-64-29-31)47(58)56-50(49(60)61)40(17-19-54-50)35-10-8-34(9-11-35)33-6-3-30(26-53)4-7-33/h3-16,18,21-23,25,29,40,44,46,54H,17,19-20,24,27-28H2,(H,55,59)(H,56,58)(H,60,61)/t40?,44?,46-,50-/m0/s1. The molecule has 0 radical (unpaired) electrons. The van der Waals surface area contributed by atoms with Crippen molar-refractivity contribution >= 4 is 58.0 Å². The number of nitrogens with one attached hydrogen (secondary N) is 3. The first-order chi connectivity index (χ1) is 31.1. The molecule has 3 aliphatic rings. The van der Waals surface area contributed by atoms with E-state index in [2.05, 4.69) is 33.9 Å². The number of benzene rings is 5. The summed E-state index contributed by atoms with van der Waals surface area (Å²) in [4.78, 5) is 43.4. The number of thiophene rings is 1. The van der Waals surface area contributed by atoms with Gasteiger partial charge in [0, 0.05) is 29.0 Å². The Labute approximate surface area is 383 Å². The van der Waals surface area contributed by atoms with Crippen LogP contribution in [0, 0.1) is 23.2 Å². The number of carbonyl (C=O) groups excluding carboxylic acids is 2. The number of aliphatic carboxylic acids is 1. The van der Waals surface area contributed by atoms with Crippen molar-refractivity contribution in [2.75, 3.05) is 18.4 Å². The molecule has 4 atom stereocenters. The third kappa shape index (κ3) is 8.80. The third-order valence-corrected chi connectivity index (χ3v) is 13.3. The molecule has 9 rings (SSSR count). The zero-order chi connectivity index (χ0) is 44.4. The number of carboxylic acid groups (broad SMARTS) is 1. The van der Waals surface area contributed by atoms with Gasteiger partial charge in [-0.2, -0.15) is 16.6 Å². The van der Waals surface area contributed by atoms with E-state index in [1.807, 2.05) is 76.3 Å². The lowest BCUT2D eigenvalue weighted by molar-refractivity contribution is -0.150. The average Bonchev–Trinajstić information content (AvgIpc) is 4.00. The predicted molar refractivity (Wildman–Crippen MR) is 245 cm³/mol. The number of carboxylic acids is 1. The Morgan fingerprint density at radius 1 is 0.922 bits per heavy atom. The average molecular weight is 909 g/mol. The van der Waals surface area contributed by atoms with Crippen molar-refractivity contribution in [2.45, 2.75) is 49.7 Å². The van der Waals surface area contributed by atoms with Gasteiger partial charge < -0.3 is 25.2 Å². The first-order valence-electron chi connectivity index (χ1n) is 20.5. The molecule has 4 N–H and O–H groups in total. The Kier molecular flexibility index (Phi) is 12.1. The van der Waals surface area contributed by atoms with Crippen LogP contribution < -0.4 is 25.4 Å². The van der Waals surface area contributed by atoms with Crippen LogP contribution in [0.25, 0.3) is 11.1 Å². The molecule has 0 aliphatic carbocycles. The molecule has 320 valence electrons. The highest BCUT2D eigenvalue weighted by atomic mass is 35.5. The highest BCUT2D eigenvalue weighted by Crippen LogP contribution is 2.41. The van der Waals surface area contributed by atoms with Crippen molar-refractivity contribution in [1.82, 2.24) is 15.5 Å². The van der Waals surface area contributed by atoms with Gasteiger partial charge in [0.05, 0.1) is 40.0 Å². The van der Waals surface area contributed by atoms with Gasteiger partial charge in [-0.15, -0.1) is 0 Å². The fraction of sp³-hybridized carbons (Fsp3) is 0.200. The topological polar surface area (TPSA) is 153 Å². The number of halogens is 2. The number of anilines is 1. The van der Waals surface area contributed by atoms with E-state index >= 15 is 0 Å². The predicted octanol–water partition coefficient (Wildman–Crippen LogP) is 8.70. The van der Waals surface area contributed by atoms with Gasteiger partial charge in [0.2, 0.25) is 12.0 Å². The summed E-state index contributed by atoms with van der Waals surface area (Å²) in [5, 5.41) is 34.0. The highest BCUT2D eigenvalue weighted by molar-refractivity contribution is 7.08. The lowest BCUT2D eigenvalue weighted by Crippen LogP contribution is -2.66. The molecule has 3 aliphatic heterocycles. The summed E-state index contributed by atoms with van der Waals surface area (Å²) in [5.74, 6) is 4.94. The minimum Gasteiger partial charge on any atom is -0.489 e. The van der Waals surface area contributed by atoms with Crippen molar-refractivity contribution in [1.29, 1.82) is 5.26 Å². The number of hydrogen-bond donors (Lipinski definition) is 4. The molecule has 0 saturated carbocycles. The summed E-state index contributed by atoms with van der Waals surface area (Å²) in [6.07, 6.45) is -0.204. The molecule has 4 heterocycles. The molecule has 11 nitrogen and oxygen atoms in total. The minimum atomic E-state index is -1.77. The fourth-order valence-electron chi connectivity index (χ4n) is 8.50. The summed E-state index contributed by atoms with van der Waals surface area (Å²) in [7, 11) is 0. The second-order valence-electron chi connectivity index (χ2n) is 15.8. The van der Waals surface area contributed by atoms with Crippen LogP contribution in [0.1, 0.15) is 57.4 Å². The van der Waals surface area contributed by atoms with Gasteiger partial charge >= 0.3 is 5.97 Å². The zero-order valence-electron chi connectivity index (χ0n) is 34.1. The largest absolute Gasteiger partial charge is 0.489 e. The Morgan fingerprint density at radius 3 is 2.38 bits per heavy atom. The molecule has 0 spiro atoms. The number of rotatable bonds is 10. The van der Waals surface area contributed by atoms with E-state index in [-0.39, 0.29) is 25.5 Å². The molecule has 2 amide bonds. The molecule has 2 unspecified atom stereocenters. The third-order valence-electron chi connectivity index (χ3n) is 11.9. The molecular weight excluding hydrogens is 870 g/mol. The van der Waals surface area contributed by atoms with Crippen LogP contribution in [0.5, 0.6) is 11.5 Å². The van der Waals surface area contributed by atoms with E-state index < -0.39 is 35.6 Å². The summed E-state index contributed by atoms with van der Waals surface area (Å²) in [6, 6.07) is 34.3. The number of nitriles is 1. The van der Waals surface area contributed by atoms with Crippen molar-refractivity contribution in [2.24, 2.45) is 0 Å². The van der Waals surface area contributed by atoms with Crippen LogP contribution >= 0.6 is 34.5 Å². The molecule has 0 bridgehead atoms. The van der Waals surface area contributed by atoms with Crippen LogP contribution in [0.3, 0.4) is 0 Å². The summed E-state index contributed by atoms with van der Waals surface area (Å²) < 4.78 is 12.3. The van der Waals surface area contributed by atoms with Crippen LogP contribution in [-0.4, -0.2) is 52.6 Å². The lowest BCUT2D eigenvalue weighted by atomic mass is 9.85. The van der Waals surface area contributed by atoms with Crippen LogP contribution in [-0.2, 0) is 34.0 Å². The Bertz CT molecular complexity index is 2860. The Hall–Kier alpha value is -6.64. The summed E-state index contributed by atoms with van der Waals surface area (Å²) >= 11 is 13.7. The molecule has 1 saturated heterocycles. The number of ether oxygens (including phenoxy) is 2. The van der Waals surface area contributed by atoms with Crippen LogP contribution in [0.4, 0.5) is 5.69 Å². The van der Waals surface area contributed by atoms with E-state index in [1.165, 1.54) is 0 Å². The highest BCUT2D eigenvalue weighted by Gasteiger charge is 2.52. The van der Waals surface area contributed by atoms with Crippen molar-refractivity contribution < 1.29 is 29.0 Å². The van der Waals surface area contributed by atoms with Crippen LogP contribution in [0.2, 0.25) is 10.0 Å². The minimum absolute atomic E-state index is 0.233. The number of amides is 2. The van der Waals surface area contributed by atoms with E-state index in [0.717, 1.165) is 38.9 Å². The second-order valence-corrected chi connectivity index (χ2v) is 17.4. The first-order valence-corrected chi connectivity index (χ1v) is 22.2. The second kappa shape index (κ2) is 18.2. The monoisotopic (exact) mass is 907 g/mol. The molecule has 1 aromatic heterocycles. The Balaban J connectivity index is 0.940. The van der Waals surface area contributed by atoms with Gasteiger partial charge in [-0.1, -0.05) is 89.6 Å². The maximum atomic E-state index is 14.6. The normalized spacial score (nSPS) is 20.0. The van der Waals surface area contributed by atoms with Gasteiger partial charge in [0.15, 0.2) is 5.66 Å². The summed E-state index contributed by atoms with van der Waals surface area (Å²) in [5.41, 5.74) is 5.96. The van der Waals surface area contributed by atoms with E-state index in [4.69, 9.17) is 32.7 Å². The maximum absolute atomic E-state index is 14.6. The number of hydrogen-bond acceptors (Lipinski definition) is 9. The van der Waals surface area contributed by atoms with Crippen molar-refractivity contribution in [3.05, 3.63) is 169 Å². The van der Waals surface area contributed by atoms with Crippen molar-refractivity contribution in [3.63, 3.8) is 0 Å².